The van der Waals surface area contributed by atoms with E-state index in [1.165, 1.54) is 24.7 Å². The van der Waals surface area contributed by atoms with Crippen LogP contribution in [0.5, 0.6) is 5.88 Å². The van der Waals surface area contributed by atoms with Crippen LogP contribution < -0.4 is 10.5 Å². The molecule has 0 amide bonds. The van der Waals surface area contributed by atoms with Crippen LogP contribution in [-0.2, 0) is 0 Å². The first-order valence-electron chi connectivity index (χ1n) is 10.5. The molecule has 9 nitrogen and oxygen atoms in total. The summed E-state index contributed by atoms with van der Waals surface area (Å²) in [5.41, 5.74) is 8.13. The quantitative estimate of drug-likeness (QED) is 0.440. The maximum absolute atomic E-state index is 15.0. The minimum Gasteiger partial charge on any atom is -0.479 e. The van der Waals surface area contributed by atoms with Gasteiger partial charge in [-0.15, -0.1) is 10.2 Å². The molecule has 0 aliphatic carbocycles. The molecule has 1 saturated heterocycles. The maximum Gasteiger partial charge on any atom is 0.268 e. The zero-order valence-corrected chi connectivity index (χ0v) is 18.6. The number of fused-ring (bicyclic) bond motifs is 2. The highest BCUT2D eigenvalue weighted by Gasteiger charge is 2.49. The van der Waals surface area contributed by atoms with Gasteiger partial charge in [0.1, 0.15) is 17.1 Å². The molecule has 1 aliphatic rings. The topological polar surface area (TPSA) is 99.4 Å². The summed E-state index contributed by atoms with van der Waals surface area (Å²) in [6.45, 7) is 1.06. The summed E-state index contributed by atoms with van der Waals surface area (Å²) in [4.78, 5) is 5.67. The van der Waals surface area contributed by atoms with Gasteiger partial charge in [0.05, 0.1) is 25.1 Å². The zero-order chi connectivity index (χ0) is 24.4. The van der Waals surface area contributed by atoms with E-state index in [-0.39, 0.29) is 18.4 Å². The number of halogens is 4. The summed E-state index contributed by atoms with van der Waals surface area (Å²) >= 11 is 0. The lowest BCUT2D eigenvalue weighted by molar-refractivity contribution is -0.00105. The fourth-order valence-corrected chi connectivity index (χ4v) is 4.60. The number of hydrogen-bond acceptors (Lipinski definition) is 7. The molecule has 2 N–H and O–H groups in total. The Morgan fingerprint density at radius 1 is 1.26 bits per heavy atom. The van der Waals surface area contributed by atoms with Crippen LogP contribution in [0.3, 0.4) is 0 Å². The Kier molecular flexibility index (Phi) is 5.11. The lowest BCUT2D eigenvalue weighted by atomic mass is 9.90. The van der Waals surface area contributed by atoms with Gasteiger partial charge in [0.15, 0.2) is 0 Å². The highest BCUT2D eigenvalue weighted by atomic mass is 19.3. The smallest absolute Gasteiger partial charge is 0.268 e. The van der Waals surface area contributed by atoms with Gasteiger partial charge >= 0.3 is 0 Å². The Morgan fingerprint density at radius 2 is 2.03 bits per heavy atom. The molecular weight excluding hydrogens is 456 g/mol. The summed E-state index contributed by atoms with van der Waals surface area (Å²) < 4.78 is 64.8. The number of ether oxygens (including phenoxy) is 1. The minimum absolute atomic E-state index is 0.0868. The number of likely N-dealkylation sites (tertiary alicyclic amines) is 1. The number of benzene rings is 1. The molecule has 3 aromatic heterocycles. The Balaban J connectivity index is 1.80. The molecule has 0 saturated carbocycles. The van der Waals surface area contributed by atoms with Gasteiger partial charge in [0.2, 0.25) is 11.8 Å². The fraction of sp³-hybridized carbons (Fsp3) is 0.429. The third kappa shape index (κ3) is 3.42. The van der Waals surface area contributed by atoms with Gasteiger partial charge in [-0.3, -0.25) is 4.90 Å². The Hall–Kier alpha value is -3.48. The van der Waals surface area contributed by atoms with Crippen molar-refractivity contribution in [1.82, 2.24) is 34.5 Å². The van der Waals surface area contributed by atoms with Gasteiger partial charge in [0, 0.05) is 18.3 Å². The van der Waals surface area contributed by atoms with E-state index in [1.54, 1.807) is 30.1 Å². The number of methoxy groups -OCH3 is 1. The fourth-order valence-electron chi connectivity index (χ4n) is 4.60. The average Bonchev–Trinajstić information content (AvgIpc) is 3.43. The van der Waals surface area contributed by atoms with Crippen molar-refractivity contribution in [3.8, 4) is 17.0 Å². The van der Waals surface area contributed by atoms with Gasteiger partial charge in [-0.2, -0.15) is 4.98 Å². The van der Waals surface area contributed by atoms with Crippen molar-refractivity contribution in [2.75, 3.05) is 33.0 Å². The van der Waals surface area contributed by atoms with E-state index in [1.807, 2.05) is 0 Å². The predicted octanol–water partition coefficient (Wildman–Crippen LogP) is 3.22. The highest BCUT2D eigenvalue weighted by molar-refractivity contribution is 5.92. The summed E-state index contributed by atoms with van der Waals surface area (Å²) in [6.07, 6.45) is -1.16. The average molecular weight is 478 g/mol. The molecule has 0 unspecified atom stereocenters. The number of likely N-dealkylation sites (N-methyl/N-ethyl adjacent to an activating group) is 1. The van der Waals surface area contributed by atoms with E-state index < -0.39 is 30.9 Å². The summed E-state index contributed by atoms with van der Waals surface area (Å²) in [5, 5.41) is 12.0. The van der Waals surface area contributed by atoms with Crippen LogP contribution in [0, 0.1) is 0 Å². The van der Waals surface area contributed by atoms with Crippen molar-refractivity contribution < 1.29 is 22.3 Å². The monoisotopic (exact) mass is 478 g/mol. The third-order valence-electron chi connectivity index (χ3n) is 6.21. The molecule has 180 valence electrons. The van der Waals surface area contributed by atoms with Crippen molar-refractivity contribution in [3.63, 3.8) is 0 Å². The van der Waals surface area contributed by atoms with Crippen molar-refractivity contribution in [3.05, 3.63) is 30.0 Å². The molecule has 0 spiro atoms. The van der Waals surface area contributed by atoms with Crippen LogP contribution in [0.25, 0.3) is 27.7 Å². The molecule has 1 fully saturated rings. The van der Waals surface area contributed by atoms with Crippen LogP contribution in [0.15, 0.2) is 24.4 Å². The second-order valence-electron chi connectivity index (χ2n) is 8.55. The van der Waals surface area contributed by atoms with E-state index in [0.717, 1.165) is 4.68 Å². The first kappa shape index (κ1) is 22.3. The van der Waals surface area contributed by atoms with Crippen LogP contribution >= 0.6 is 0 Å². The summed E-state index contributed by atoms with van der Waals surface area (Å²) in [6, 6.07) is 3.68. The van der Waals surface area contributed by atoms with Gasteiger partial charge in [-0.25, -0.2) is 26.8 Å². The number of nitrogen functional groups attached to an aromatic ring is 1. The Morgan fingerprint density at radius 3 is 2.68 bits per heavy atom. The third-order valence-corrected chi connectivity index (χ3v) is 6.21. The molecule has 34 heavy (non-hydrogen) atoms. The molecule has 13 heteroatoms. The van der Waals surface area contributed by atoms with Gasteiger partial charge in [-0.05, 0) is 37.2 Å². The lowest BCUT2D eigenvalue weighted by Crippen LogP contribution is -2.25. The second kappa shape index (κ2) is 7.79. The largest absolute Gasteiger partial charge is 0.479 e. The van der Waals surface area contributed by atoms with Gasteiger partial charge in [-0.1, -0.05) is 11.3 Å². The van der Waals surface area contributed by atoms with Crippen molar-refractivity contribution >= 4 is 22.5 Å². The molecule has 1 aromatic carbocycles. The first-order chi connectivity index (χ1) is 16.1. The number of hydrogen-bond donors (Lipinski definition) is 1. The van der Waals surface area contributed by atoms with E-state index in [9.17, 15) is 8.78 Å². The van der Waals surface area contributed by atoms with Gasteiger partial charge < -0.3 is 10.5 Å². The van der Waals surface area contributed by atoms with Crippen LogP contribution in [-0.4, -0.2) is 74.1 Å². The number of nitrogens with zero attached hydrogens (tertiary/aromatic N) is 7. The van der Waals surface area contributed by atoms with Crippen molar-refractivity contribution in [2.45, 2.75) is 31.2 Å². The molecule has 5 rings (SSSR count). The maximum atomic E-state index is 15.0. The van der Waals surface area contributed by atoms with E-state index in [0.29, 0.717) is 33.2 Å². The molecule has 0 radical (unpaired) electrons. The Bertz CT molecular complexity index is 1380. The van der Waals surface area contributed by atoms with Crippen molar-refractivity contribution in [1.29, 1.82) is 0 Å². The zero-order valence-electron chi connectivity index (χ0n) is 18.6. The van der Waals surface area contributed by atoms with E-state index in [2.05, 4.69) is 20.4 Å². The van der Waals surface area contributed by atoms with Crippen LogP contribution in [0.2, 0.25) is 0 Å². The van der Waals surface area contributed by atoms with Crippen LogP contribution in [0.1, 0.15) is 24.4 Å². The minimum atomic E-state index is -3.00. The predicted molar refractivity (Wildman–Crippen MR) is 116 cm³/mol. The SMILES string of the molecule is COc1nc(N)nn2cc([C@@H]3CN(C)CC3(F)F)c(-c3ccc4nnn([C@@H](C)C(F)F)c4c3)c12. The molecule has 0 bridgehead atoms. The van der Waals surface area contributed by atoms with Gasteiger partial charge in [0.25, 0.3) is 12.3 Å². The second-order valence-corrected chi connectivity index (χ2v) is 8.55. The Labute approximate surface area is 191 Å². The number of nitrogens with two attached hydrogens (primary N) is 1. The number of alkyl halides is 4. The molecule has 4 heterocycles. The van der Waals surface area contributed by atoms with E-state index >= 15 is 8.78 Å². The number of aromatic nitrogens is 6. The molecule has 1 aliphatic heterocycles. The first-order valence-corrected chi connectivity index (χ1v) is 10.5. The lowest BCUT2D eigenvalue weighted by Gasteiger charge is -2.19. The standard InChI is InChI=1S/C21H22F4N8O/c1-10(18(22)23)33-15-6-11(4-5-14(15)28-30-33)16-12(13-8-31(2)9-21(13,24)25)7-32-17(16)19(34-3)27-20(26)29-32/h4-7,10,13,18H,8-9H2,1-3H3,(H2,26,29)/t10-,13-/m0/s1. The van der Waals surface area contributed by atoms with Crippen LogP contribution in [0.4, 0.5) is 23.5 Å². The molecule has 4 aromatic rings. The number of rotatable bonds is 5. The molecular formula is C21H22F4N8O. The normalized spacial score (nSPS) is 19.5. The number of anilines is 1. The molecule has 2 atom stereocenters. The summed E-state index contributed by atoms with van der Waals surface area (Å²) in [7, 11) is 3.02. The highest BCUT2D eigenvalue weighted by Crippen LogP contribution is 2.46. The van der Waals surface area contributed by atoms with E-state index in [4.69, 9.17) is 10.5 Å². The summed E-state index contributed by atoms with van der Waals surface area (Å²) in [5.74, 6) is -4.12. The van der Waals surface area contributed by atoms with Crippen molar-refractivity contribution in [2.24, 2.45) is 0 Å².